The SMILES string of the molecule is Cc1ccc(-c2ccc3c(c2F)CNCCC3c2ccccc2F)nn1. The number of nitrogens with zero attached hydrogens (tertiary/aromatic N) is 2. The zero-order chi connectivity index (χ0) is 18.1. The van der Waals surface area contributed by atoms with Crippen LogP contribution in [0.5, 0.6) is 0 Å². The number of halogens is 2. The van der Waals surface area contributed by atoms with E-state index in [0.29, 0.717) is 35.5 Å². The minimum atomic E-state index is -0.309. The van der Waals surface area contributed by atoms with Crippen LogP contribution in [-0.4, -0.2) is 16.7 Å². The Balaban J connectivity index is 1.84. The summed E-state index contributed by atoms with van der Waals surface area (Å²) in [6.07, 6.45) is 0.719. The molecule has 0 aliphatic carbocycles. The Kier molecular flexibility index (Phi) is 4.47. The number of hydrogen-bond donors (Lipinski definition) is 1. The summed E-state index contributed by atoms with van der Waals surface area (Å²) in [5.74, 6) is -0.732. The maximum absolute atomic E-state index is 15.3. The third-order valence-electron chi connectivity index (χ3n) is 4.92. The summed E-state index contributed by atoms with van der Waals surface area (Å²) in [4.78, 5) is 0. The molecule has 4 rings (SSSR count). The number of fused-ring (bicyclic) bond motifs is 1. The Hall–Kier alpha value is -2.66. The van der Waals surface area contributed by atoms with E-state index < -0.39 is 0 Å². The number of rotatable bonds is 2. The van der Waals surface area contributed by atoms with Gasteiger partial charge >= 0.3 is 0 Å². The number of hydrogen-bond acceptors (Lipinski definition) is 3. The van der Waals surface area contributed by atoms with Gasteiger partial charge in [0.25, 0.3) is 0 Å². The lowest BCUT2D eigenvalue weighted by molar-refractivity contribution is 0.579. The van der Waals surface area contributed by atoms with Gasteiger partial charge in [-0.15, -0.1) is 0 Å². The molecule has 0 bridgehead atoms. The lowest BCUT2D eigenvalue weighted by Crippen LogP contribution is -2.13. The number of nitrogens with one attached hydrogen (secondary N) is 1. The predicted molar refractivity (Wildman–Crippen MR) is 96.7 cm³/mol. The van der Waals surface area contributed by atoms with Gasteiger partial charge in [0.15, 0.2) is 0 Å². The molecule has 1 aliphatic heterocycles. The average Bonchev–Trinajstić information content (AvgIpc) is 2.87. The van der Waals surface area contributed by atoms with E-state index in [2.05, 4.69) is 15.5 Å². The first-order chi connectivity index (χ1) is 12.6. The summed E-state index contributed by atoms with van der Waals surface area (Å²) >= 11 is 0. The van der Waals surface area contributed by atoms with Gasteiger partial charge in [-0.05, 0) is 55.3 Å². The van der Waals surface area contributed by atoms with Gasteiger partial charge in [0.05, 0.1) is 11.4 Å². The number of benzene rings is 2. The molecule has 1 N–H and O–H groups in total. The van der Waals surface area contributed by atoms with E-state index in [4.69, 9.17) is 0 Å². The van der Waals surface area contributed by atoms with Crippen molar-refractivity contribution in [3.8, 4) is 11.3 Å². The quantitative estimate of drug-likeness (QED) is 0.746. The van der Waals surface area contributed by atoms with Crippen LogP contribution in [0.25, 0.3) is 11.3 Å². The van der Waals surface area contributed by atoms with Gasteiger partial charge in [0.1, 0.15) is 11.6 Å². The summed E-state index contributed by atoms with van der Waals surface area (Å²) in [5, 5.41) is 11.4. The van der Waals surface area contributed by atoms with Crippen molar-refractivity contribution in [1.29, 1.82) is 0 Å². The topological polar surface area (TPSA) is 37.8 Å². The van der Waals surface area contributed by atoms with E-state index in [-0.39, 0.29) is 17.6 Å². The highest BCUT2D eigenvalue weighted by Gasteiger charge is 2.26. The Labute approximate surface area is 151 Å². The van der Waals surface area contributed by atoms with Crippen LogP contribution in [0.4, 0.5) is 8.78 Å². The molecular formula is C21H19F2N3. The molecule has 5 heteroatoms. The normalized spacial score (nSPS) is 16.8. The maximum atomic E-state index is 15.3. The predicted octanol–water partition coefficient (Wildman–Crippen LogP) is 4.36. The zero-order valence-electron chi connectivity index (χ0n) is 14.5. The van der Waals surface area contributed by atoms with Gasteiger partial charge < -0.3 is 5.32 Å². The fourth-order valence-electron chi connectivity index (χ4n) is 3.58. The standard InChI is InChI=1S/C21H19F2N3/c1-13-6-9-20(26-25-13)17-8-7-14-15(16-4-2-3-5-19(16)22)10-11-24-12-18(14)21(17)23/h2-9,15,24H,10-12H2,1H3. The third-order valence-corrected chi connectivity index (χ3v) is 4.92. The highest BCUT2D eigenvalue weighted by molar-refractivity contribution is 5.62. The Morgan fingerprint density at radius 3 is 2.58 bits per heavy atom. The van der Waals surface area contributed by atoms with Crippen LogP contribution in [0.2, 0.25) is 0 Å². The summed E-state index contributed by atoms with van der Waals surface area (Å²) < 4.78 is 29.7. The molecule has 1 unspecified atom stereocenters. The Bertz CT molecular complexity index is 938. The molecule has 26 heavy (non-hydrogen) atoms. The van der Waals surface area contributed by atoms with Crippen molar-refractivity contribution in [2.24, 2.45) is 0 Å². The van der Waals surface area contributed by atoms with E-state index >= 15 is 4.39 Å². The summed E-state index contributed by atoms with van der Waals surface area (Å²) in [6.45, 7) is 2.96. The Morgan fingerprint density at radius 2 is 1.81 bits per heavy atom. The molecule has 0 radical (unpaired) electrons. The molecule has 0 saturated heterocycles. The van der Waals surface area contributed by atoms with Crippen LogP contribution >= 0.6 is 0 Å². The van der Waals surface area contributed by atoms with Crippen LogP contribution < -0.4 is 5.32 Å². The van der Waals surface area contributed by atoms with Crippen molar-refractivity contribution in [1.82, 2.24) is 15.5 Å². The van der Waals surface area contributed by atoms with Gasteiger partial charge in [-0.25, -0.2) is 8.78 Å². The molecule has 0 spiro atoms. The van der Waals surface area contributed by atoms with Gasteiger partial charge in [0.2, 0.25) is 0 Å². The molecule has 132 valence electrons. The average molecular weight is 351 g/mol. The molecule has 1 aliphatic rings. The van der Waals surface area contributed by atoms with Crippen molar-refractivity contribution < 1.29 is 8.78 Å². The van der Waals surface area contributed by atoms with Crippen molar-refractivity contribution in [3.05, 3.63) is 82.5 Å². The first-order valence-electron chi connectivity index (χ1n) is 8.72. The molecular weight excluding hydrogens is 332 g/mol. The molecule has 1 aromatic heterocycles. The molecule has 2 aromatic carbocycles. The second-order valence-corrected chi connectivity index (χ2v) is 6.59. The van der Waals surface area contributed by atoms with E-state index in [9.17, 15) is 4.39 Å². The zero-order valence-corrected chi connectivity index (χ0v) is 14.5. The Morgan fingerprint density at radius 1 is 0.962 bits per heavy atom. The minimum Gasteiger partial charge on any atom is -0.313 e. The largest absolute Gasteiger partial charge is 0.313 e. The molecule has 2 heterocycles. The third kappa shape index (κ3) is 2.99. The van der Waals surface area contributed by atoms with E-state index in [1.807, 2.05) is 25.1 Å². The molecule has 0 fully saturated rings. The molecule has 3 nitrogen and oxygen atoms in total. The van der Waals surface area contributed by atoms with Gasteiger partial charge in [0, 0.05) is 23.6 Å². The van der Waals surface area contributed by atoms with Crippen LogP contribution in [0.1, 0.15) is 34.7 Å². The number of aryl methyl sites for hydroxylation is 1. The van der Waals surface area contributed by atoms with Crippen LogP contribution in [-0.2, 0) is 6.54 Å². The molecule has 3 aromatic rings. The van der Waals surface area contributed by atoms with E-state index in [0.717, 1.165) is 17.7 Å². The lowest BCUT2D eigenvalue weighted by Gasteiger charge is -2.20. The number of aromatic nitrogens is 2. The fourth-order valence-corrected chi connectivity index (χ4v) is 3.58. The van der Waals surface area contributed by atoms with E-state index in [1.165, 1.54) is 6.07 Å². The van der Waals surface area contributed by atoms with Crippen molar-refractivity contribution in [3.63, 3.8) is 0 Å². The van der Waals surface area contributed by atoms with Crippen LogP contribution in [0.3, 0.4) is 0 Å². The first-order valence-corrected chi connectivity index (χ1v) is 8.72. The monoisotopic (exact) mass is 351 g/mol. The van der Waals surface area contributed by atoms with E-state index in [1.54, 1.807) is 24.3 Å². The van der Waals surface area contributed by atoms with Gasteiger partial charge in [-0.2, -0.15) is 10.2 Å². The summed E-state index contributed by atoms with van der Waals surface area (Å²) in [6, 6.07) is 14.0. The van der Waals surface area contributed by atoms with Crippen LogP contribution in [0.15, 0.2) is 48.5 Å². The van der Waals surface area contributed by atoms with Crippen molar-refractivity contribution >= 4 is 0 Å². The minimum absolute atomic E-state index is 0.172. The first kappa shape index (κ1) is 16.8. The molecule has 1 atom stereocenters. The highest BCUT2D eigenvalue weighted by Crippen LogP contribution is 2.37. The molecule has 0 saturated carbocycles. The summed E-state index contributed by atoms with van der Waals surface area (Å²) in [5.41, 5.74) is 3.73. The second-order valence-electron chi connectivity index (χ2n) is 6.59. The fraction of sp³-hybridized carbons (Fsp3) is 0.238. The molecule has 0 amide bonds. The van der Waals surface area contributed by atoms with Crippen molar-refractivity contribution in [2.75, 3.05) is 6.54 Å². The highest BCUT2D eigenvalue weighted by atomic mass is 19.1. The summed E-state index contributed by atoms with van der Waals surface area (Å²) in [7, 11) is 0. The van der Waals surface area contributed by atoms with Crippen molar-refractivity contribution in [2.45, 2.75) is 25.8 Å². The lowest BCUT2D eigenvalue weighted by atomic mass is 9.85. The smallest absolute Gasteiger partial charge is 0.137 e. The van der Waals surface area contributed by atoms with Gasteiger partial charge in [-0.3, -0.25) is 0 Å². The van der Waals surface area contributed by atoms with Crippen LogP contribution in [0, 0.1) is 18.6 Å². The maximum Gasteiger partial charge on any atom is 0.137 e. The second kappa shape index (κ2) is 6.92. The van der Waals surface area contributed by atoms with Gasteiger partial charge in [-0.1, -0.05) is 24.3 Å².